The van der Waals surface area contributed by atoms with E-state index in [0.717, 1.165) is 11.1 Å². The summed E-state index contributed by atoms with van der Waals surface area (Å²) >= 11 is 0. The summed E-state index contributed by atoms with van der Waals surface area (Å²) < 4.78 is 24.5. The van der Waals surface area contributed by atoms with Gasteiger partial charge in [-0.25, -0.2) is 8.42 Å². The maximum Gasteiger partial charge on any atom is 0.182 e. The molecule has 2 rings (SSSR count). The number of anilines is 1. The highest BCUT2D eigenvalue weighted by Gasteiger charge is 2.34. The van der Waals surface area contributed by atoms with Crippen LogP contribution >= 0.6 is 0 Å². The smallest absolute Gasteiger partial charge is 0.182 e. The third-order valence-corrected chi connectivity index (χ3v) is 5.40. The molecule has 18 heavy (non-hydrogen) atoms. The molecule has 0 saturated heterocycles. The number of nitrogens with zero attached hydrogens (tertiary/aromatic N) is 2. The van der Waals surface area contributed by atoms with E-state index in [9.17, 15) is 8.42 Å². The van der Waals surface area contributed by atoms with Crippen LogP contribution in [0, 0.1) is 25.2 Å². The third kappa shape index (κ3) is 1.97. The monoisotopic (exact) mass is 264 g/mol. The highest BCUT2D eigenvalue weighted by molar-refractivity contribution is 7.91. The molecule has 96 valence electrons. The number of aryl methyl sites for hydroxylation is 2. The van der Waals surface area contributed by atoms with Gasteiger partial charge in [-0.15, -0.1) is 0 Å². The van der Waals surface area contributed by atoms with E-state index in [1.54, 1.807) is 6.07 Å². The maximum absolute atomic E-state index is 12.2. The van der Waals surface area contributed by atoms with Crippen LogP contribution < -0.4 is 4.90 Å². The zero-order chi connectivity index (χ0) is 13.5. The maximum atomic E-state index is 12.2. The van der Waals surface area contributed by atoms with Crippen LogP contribution in [0.15, 0.2) is 17.0 Å². The number of hydrogen-bond donors (Lipinski definition) is 0. The van der Waals surface area contributed by atoms with Gasteiger partial charge in [0.15, 0.2) is 9.84 Å². The Balaban J connectivity index is 2.63. The highest BCUT2D eigenvalue weighted by Crippen LogP contribution is 2.35. The molecule has 0 aromatic heterocycles. The van der Waals surface area contributed by atoms with Gasteiger partial charge in [-0.05, 0) is 37.1 Å². The Morgan fingerprint density at radius 2 is 2.00 bits per heavy atom. The lowest BCUT2D eigenvalue weighted by Gasteiger charge is -2.35. The Morgan fingerprint density at radius 3 is 2.61 bits per heavy atom. The van der Waals surface area contributed by atoms with Crippen molar-refractivity contribution in [3.05, 3.63) is 23.3 Å². The molecular weight excluding hydrogens is 248 g/mol. The number of hydrogen-bond acceptors (Lipinski definition) is 4. The Hall–Kier alpha value is -1.54. The first kappa shape index (κ1) is 12.9. The van der Waals surface area contributed by atoms with E-state index < -0.39 is 9.84 Å². The molecule has 0 radical (unpaired) electrons. The fourth-order valence-corrected chi connectivity index (χ4v) is 4.16. The van der Waals surface area contributed by atoms with E-state index in [2.05, 4.69) is 6.07 Å². The van der Waals surface area contributed by atoms with Crippen LogP contribution in [0.5, 0.6) is 0 Å². The van der Waals surface area contributed by atoms with Crippen molar-refractivity contribution in [1.29, 1.82) is 5.26 Å². The van der Waals surface area contributed by atoms with E-state index in [1.165, 1.54) is 0 Å². The number of sulfone groups is 1. The zero-order valence-corrected chi connectivity index (χ0v) is 11.6. The average Bonchev–Trinajstić information content (AvgIpc) is 2.28. The summed E-state index contributed by atoms with van der Waals surface area (Å²) in [7, 11) is -1.43. The quantitative estimate of drug-likeness (QED) is 0.776. The van der Waals surface area contributed by atoms with Crippen molar-refractivity contribution in [2.24, 2.45) is 0 Å². The number of rotatable bonds is 1. The molecular formula is C13H16N2O2S. The molecule has 5 heteroatoms. The van der Waals surface area contributed by atoms with Crippen LogP contribution in [0.2, 0.25) is 0 Å². The average molecular weight is 264 g/mol. The highest BCUT2D eigenvalue weighted by atomic mass is 32.2. The van der Waals surface area contributed by atoms with Crippen molar-refractivity contribution in [3.8, 4) is 6.07 Å². The van der Waals surface area contributed by atoms with Gasteiger partial charge in [-0.2, -0.15) is 5.26 Å². The van der Waals surface area contributed by atoms with E-state index in [-0.39, 0.29) is 18.2 Å². The van der Waals surface area contributed by atoms with Crippen molar-refractivity contribution >= 4 is 15.5 Å². The van der Waals surface area contributed by atoms with Gasteiger partial charge in [0.1, 0.15) is 0 Å². The molecule has 4 nitrogen and oxygen atoms in total. The summed E-state index contributed by atoms with van der Waals surface area (Å²) in [5.74, 6) is 0.0204. The summed E-state index contributed by atoms with van der Waals surface area (Å²) in [6, 6.07) is 5.43. The van der Waals surface area contributed by atoms with Gasteiger partial charge in [-0.3, -0.25) is 0 Å². The lowest BCUT2D eigenvalue weighted by atomic mass is 10.1. The minimum Gasteiger partial charge on any atom is -0.368 e. The van der Waals surface area contributed by atoms with Crippen LogP contribution in [0.3, 0.4) is 0 Å². The molecule has 1 heterocycles. The molecule has 0 amide bonds. The van der Waals surface area contributed by atoms with Crippen LogP contribution in [-0.2, 0) is 9.84 Å². The first-order chi connectivity index (χ1) is 8.36. The molecule has 1 aromatic carbocycles. The molecule has 0 N–H and O–H groups in total. The van der Waals surface area contributed by atoms with Crippen LogP contribution in [0.4, 0.5) is 5.69 Å². The second kappa shape index (κ2) is 4.29. The molecule has 0 fully saturated rings. The van der Waals surface area contributed by atoms with E-state index in [4.69, 9.17) is 5.26 Å². The topological polar surface area (TPSA) is 61.2 Å². The number of fused-ring (bicyclic) bond motifs is 1. The van der Waals surface area contributed by atoms with Crippen LogP contribution in [0.25, 0.3) is 0 Å². The molecule has 1 atom stereocenters. The largest absolute Gasteiger partial charge is 0.368 e. The summed E-state index contributed by atoms with van der Waals surface area (Å²) in [5.41, 5.74) is 2.75. The van der Waals surface area contributed by atoms with Gasteiger partial charge in [0.05, 0.1) is 34.9 Å². The molecule has 0 bridgehead atoms. The predicted octanol–water partition coefficient (Wildman–Crippen LogP) is 1.81. The first-order valence-electron chi connectivity index (χ1n) is 5.80. The Bertz CT molecular complexity index is 629. The fraction of sp³-hybridized carbons (Fsp3) is 0.462. The molecule has 1 aromatic rings. The summed E-state index contributed by atoms with van der Waals surface area (Å²) in [5, 5.41) is 8.78. The van der Waals surface area contributed by atoms with Gasteiger partial charge in [0.2, 0.25) is 0 Å². The van der Waals surface area contributed by atoms with Crippen molar-refractivity contribution in [2.45, 2.75) is 31.2 Å². The van der Waals surface area contributed by atoms with Crippen LogP contribution in [-0.4, -0.2) is 27.3 Å². The first-order valence-corrected chi connectivity index (χ1v) is 7.46. The normalized spacial score (nSPS) is 21.2. The Kier molecular flexibility index (Phi) is 3.07. The number of nitriles is 1. The number of benzene rings is 1. The predicted molar refractivity (Wildman–Crippen MR) is 70.4 cm³/mol. The van der Waals surface area contributed by atoms with Crippen molar-refractivity contribution in [3.63, 3.8) is 0 Å². The molecule has 1 aliphatic rings. The lowest BCUT2D eigenvalue weighted by molar-refractivity contribution is 0.573. The lowest BCUT2D eigenvalue weighted by Crippen LogP contribution is -2.42. The molecule has 0 spiro atoms. The SMILES string of the molecule is Cc1cc2c(cc1C)S(=O)(=O)CC(CC#N)N2C. The molecule has 1 unspecified atom stereocenters. The van der Waals surface area contributed by atoms with Crippen molar-refractivity contribution < 1.29 is 8.42 Å². The Morgan fingerprint density at radius 1 is 1.39 bits per heavy atom. The van der Waals surface area contributed by atoms with E-state index in [0.29, 0.717) is 10.6 Å². The minimum absolute atomic E-state index is 0.0204. The fourth-order valence-electron chi connectivity index (χ4n) is 2.25. The van der Waals surface area contributed by atoms with Crippen LogP contribution in [0.1, 0.15) is 17.5 Å². The molecule has 0 aliphatic carbocycles. The van der Waals surface area contributed by atoms with Gasteiger partial charge < -0.3 is 4.90 Å². The molecule has 1 aliphatic heterocycles. The van der Waals surface area contributed by atoms with Gasteiger partial charge in [0.25, 0.3) is 0 Å². The second-order valence-electron chi connectivity index (χ2n) is 4.81. The van der Waals surface area contributed by atoms with E-state index in [1.807, 2.05) is 31.9 Å². The third-order valence-electron chi connectivity index (χ3n) is 3.58. The summed E-state index contributed by atoms with van der Waals surface area (Å²) in [4.78, 5) is 2.30. The van der Waals surface area contributed by atoms with Crippen molar-refractivity contribution in [2.75, 3.05) is 17.7 Å². The van der Waals surface area contributed by atoms with Gasteiger partial charge in [-0.1, -0.05) is 0 Å². The minimum atomic E-state index is -3.28. The van der Waals surface area contributed by atoms with Gasteiger partial charge in [0, 0.05) is 7.05 Å². The molecule has 0 saturated carbocycles. The standard InChI is InChI=1S/C13H16N2O2S/c1-9-6-12-13(7-10(9)2)18(16,17)8-11(4-5-14)15(12)3/h6-7,11H,4,8H2,1-3H3. The Labute approximate surface area is 108 Å². The van der Waals surface area contributed by atoms with Gasteiger partial charge >= 0.3 is 0 Å². The van der Waals surface area contributed by atoms with Crippen molar-refractivity contribution in [1.82, 2.24) is 0 Å². The second-order valence-corrected chi connectivity index (χ2v) is 6.82. The summed E-state index contributed by atoms with van der Waals surface area (Å²) in [6.45, 7) is 3.87. The summed E-state index contributed by atoms with van der Waals surface area (Å²) in [6.07, 6.45) is 0.224. The van der Waals surface area contributed by atoms with E-state index >= 15 is 0 Å². The zero-order valence-electron chi connectivity index (χ0n) is 10.8.